The van der Waals surface area contributed by atoms with E-state index in [0.717, 1.165) is 0 Å². The molecule has 0 spiro atoms. The van der Waals surface area contributed by atoms with Gasteiger partial charge in [-0.2, -0.15) is 5.26 Å². The number of methoxy groups -OCH3 is 2. The maximum Gasteiger partial charge on any atom is 0.355 e. The first kappa shape index (κ1) is 25.1. The number of hydrogen-bond acceptors (Lipinski definition) is 8. The Balaban J connectivity index is 2.44. The Labute approximate surface area is 203 Å². The SMILES string of the molecule is COC(=O)C1=C(C(=O)OC)N(c2cccc(C(=O)N(C)C)c2C)C(N)=C(C#N)C1c1ccccc1. The molecule has 2 N–H and O–H groups in total. The predicted molar refractivity (Wildman–Crippen MR) is 129 cm³/mol. The van der Waals surface area contributed by atoms with Crippen LogP contribution >= 0.6 is 0 Å². The van der Waals surface area contributed by atoms with Gasteiger partial charge >= 0.3 is 11.9 Å². The summed E-state index contributed by atoms with van der Waals surface area (Å²) in [7, 11) is 5.61. The molecule has 1 heterocycles. The van der Waals surface area contributed by atoms with Crippen LogP contribution in [0.25, 0.3) is 0 Å². The van der Waals surface area contributed by atoms with E-state index in [2.05, 4.69) is 6.07 Å². The highest BCUT2D eigenvalue weighted by Gasteiger charge is 2.43. The van der Waals surface area contributed by atoms with E-state index in [1.54, 1.807) is 69.6 Å². The second-order valence-electron chi connectivity index (χ2n) is 7.98. The van der Waals surface area contributed by atoms with Gasteiger partial charge in [-0.05, 0) is 30.2 Å². The fourth-order valence-electron chi connectivity index (χ4n) is 4.10. The molecular weight excluding hydrogens is 448 g/mol. The third kappa shape index (κ3) is 4.34. The van der Waals surface area contributed by atoms with E-state index in [-0.39, 0.29) is 28.6 Å². The number of ether oxygens (including phenoxy) is 2. The molecule has 1 amide bonds. The van der Waals surface area contributed by atoms with Crippen LogP contribution in [-0.2, 0) is 19.1 Å². The van der Waals surface area contributed by atoms with Crippen molar-refractivity contribution in [2.45, 2.75) is 12.8 Å². The molecule has 1 unspecified atom stereocenters. The van der Waals surface area contributed by atoms with E-state index in [1.165, 1.54) is 24.0 Å². The van der Waals surface area contributed by atoms with Crippen LogP contribution in [0, 0.1) is 18.3 Å². The minimum absolute atomic E-state index is 0.0491. The summed E-state index contributed by atoms with van der Waals surface area (Å²) in [5.74, 6) is -2.96. The van der Waals surface area contributed by atoms with Crippen LogP contribution in [0.15, 0.2) is 71.2 Å². The molecule has 3 rings (SSSR count). The molecule has 180 valence electrons. The average molecular weight is 475 g/mol. The zero-order valence-corrected chi connectivity index (χ0v) is 20.2. The Hall–Kier alpha value is -4.58. The van der Waals surface area contributed by atoms with E-state index >= 15 is 0 Å². The van der Waals surface area contributed by atoms with E-state index in [0.29, 0.717) is 22.4 Å². The monoisotopic (exact) mass is 474 g/mol. The van der Waals surface area contributed by atoms with Crippen LogP contribution in [0.5, 0.6) is 0 Å². The van der Waals surface area contributed by atoms with Crippen molar-refractivity contribution < 1.29 is 23.9 Å². The maximum atomic E-state index is 13.2. The Kier molecular flexibility index (Phi) is 7.25. The van der Waals surface area contributed by atoms with Gasteiger partial charge in [0, 0.05) is 19.7 Å². The van der Waals surface area contributed by atoms with Crippen molar-refractivity contribution in [1.29, 1.82) is 5.26 Å². The number of anilines is 1. The summed E-state index contributed by atoms with van der Waals surface area (Å²) in [4.78, 5) is 41.8. The van der Waals surface area contributed by atoms with Gasteiger partial charge in [-0.1, -0.05) is 36.4 Å². The minimum Gasteiger partial charge on any atom is -0.466 e. The molecular formula is C26H26N4O5. The van der Waals surface area contributed by atoms with E-state index < -0.39 is 17.9 Å². The number of nitriles is 1. The second kappa shape index (κ2) is 10.1. The van der Waals surface area contributed by atoms with Crippen molar-refractivity contribution in [1.82, 2.24) is 4.90 Å². The van der Waals surface area contributed by atoms with E-state index in [4.69, 9.17) is 15.2 Å². The molecule has 0 radical (unpaired) electrons. The van der Waals surface area contributed by atoms with Crippen molar-refractivity contribution in [3.63, 3.8) is 0 Å². The summed E-state index contributed by atoms with van der Waals surface area (Å²) < 4.78 is 10.1. The number of nitrogens with two attached hydrogens (primary N) is 1. The largest absolute Gasteiger partial charge is 0.466 e. The lowest BCUT2D eigenvalue weighted by Gasteiger charge is -2.36. The quantitative estimate of drug-likeness (QED) is 0.656. The molecule has 35 heavy (non-hydrogen) atoms. The maximum absolute atomic E-state index is 13.2. The Bertz CT molecular complexity index is 1290. The van der Waals surface area contributed by atoms with E-state index in [1.807, 2.05) is 0 Å². The van der Waals surface area contributed by atoms with E-state index in [9.17, 15) is 19.6 Å². The molecule has 2 aromatic rings. The second-order valence-corrected chi connectivity index (χ2v) is 7.98. The predicted octanol–water partition coefficient (Wildman–Crippen LogP) is 2.59. The Morgan fingerprint density at radius 3 is 2.17 bits per heavy atom. The van der Waals surface area contributed by atoms with Gasteiger partial charge in [-0.25, -0.2) is 9.59 Å². The van der Waals surface area contributed by atoms with Gasteiger partial charge in [0.15, 0.2) is 0 Å². The highest BCUT2D eigenvalue weighted by atomic mass is 16.5. The van der Waals surface area contributed by atoms with Crippen LogP contribution in [0.2, 0.25) is 0 Å². The molecule has 1 atom stereocenters. The molecule has 9 heteroatoms. The van der Waals surface area contributed by atoms with Crippen LogP contribution in [0.1, 0.15) is 27.4 Å². The van der Waals surface area contributed by atoms with Crippen LogP contribution in [0.3, 0.4) is 0 Å². The third-order valence-electron chi connectivity index (χ3n) is 5.79. The smallest absolute Gasteiger partial charge is 0.355 e. The third-order valence-corrected chi connectivity index (χ3v) is 5.79. The summed E-state index contributed by atoms with van der Waals surface area (Å²) in [6.45, 7) is 1.70. The molecule has 0 bridgehead atoms. The molecule has 0 fully saturated rings. The zero-order chi connectivity index (χ0) is 25.9. The van der Waals surface area contributed by atoms with Gasteiger partial charge in [-0.15, -0.1) is 0 Å². The number of carbonyl (C=O) groups is 3. The number of rotatable bonds is 5. The lowest BCUT2D eigenvalue weighted by atomic mass is 9.80. The normalized spacial score (nSPS) is 15.4. The Morgan fingerprint density at radius 2 is 1.63 bits per heavy atom. The highest BCUT2D eigenvalue weighted by Crippen LogP contribution is 2.44. The molecule has 1 aliphatic heterocycles. The summed E-state index contributed by atoms with van der Waals surface area (Å²) in [5, 5.41) is 10.1. The fraction of sp³-hybridized carbons (Fsp3) is 0.231. The first-order chi connectivity index (χ1) is 16.7. The molecule has 0 aromatic heterocycles. The molecule has 2 aromatic carbocycles. The number of benzene rings is 2. The summed E-state index contributed by atoms with van der Waals surface area (Å²) in [5.41, 5.74) is 8.07. The zero-order valence-electron chi connectivity index (χ0n) is 20.2. The number of amides is 1. The van der Waals surface area contributed by atoms with Crippen molar-refractivity contribution in [2.75, 3.05) is 33.2 Å². The van der Waals surface area contributed by atoms with Crippen molar-refractivity contribution in [3.8, 4) is 6.07 Å². The topological polar surface area (TPSA) is 126 Å². The van der Waals surface area contributed by atoms with Gasteiger partial charge in [0.1, 0.15) is 11.5 Å². The number of esters is 2. The summed E-state index contributed by atoms with van der Waals surface area (Å²) in [6.07, 6.45) is 0. The molecule has 1 aliphatic rings. The lowest BCUT2D eigenvalue weighted by Crippen LogP contribution is -2.41. The average Bonchev–Trinajstić information content (AvgIpc) is 2.87. The van der Waals surface area contributed by atoms with Gasteiger partial charge in [0.05, 0.1) is 43.0 Å². The standard InChI is InChI=1S/C26H26N4O5/c1-15-17(24(31)29(2)3)12-9-13-19(15)30-22(26(33)35-5)21(25(32)34-4)20(18(14-27)23(30)28)16-10-7-6-8-11-16/h6-13,20H,28H2,1-5H3. The first-order valence-corrected chi connectivity index (χ1v) is 10.7. The Morgan fingerprint density at radius 1 is 1.00 bits per heavy atom. The van der Waals surface area contributed by atoms with Crippen LogP contribution < -0.4 is 10.6 Å². The van der Waals surface area contributed by atoms with Crippen LogP contribution in [-0.4, -0.2) is 51.1 Å². The lowest BCUT2D eigenvalue weighted by molar-refractivity contribution is -0.139. The molecule has 9 nitrogen and oxygen atoms in total. The number of carbonyl (C=O) groups excluding carboxylic acids is 3. The van der Waals surface area contributed by atoms with Crippen molar-refractivity contribution >= 4 is 23.5 Å². The van der Waals surface area contributed by atoms with Crippen molar-refractivity contribution in [3.05, 3.63) is 87.9 Å². The van der Waals surface area contributed by atoms with Gasteiger partial charge in [0.2, 0.25) is 0 Å². The number of nitrogens with zero attached hydrogens (tertiary/aromatic N) is 3. The molecule has 0 saturated heterocycles. The number of hydrogen-bond donors (Lipinski definition) is 1. The summed E-state index contributed by atoms with van der Waals surface area (Å²) >= 11 is 0. The van der Waals surface area contributed by atoms with Gasteiger partial charge < -0.3 is 20.1 Å². The van der Waals surface area contributed by atoms with Crippen LogP contribution in [0.4, 0.5) is 5.69 Å². The number of allylic oxidation sites excluding steroid dienone is 1. The van der Waals surface area contributed by atoms with Crippen molar-refractivity contribution in [2.24, 2.45) is 5.73 Å². The van der Waals surface area contributed by atoms with Gasteiger partial charge in [-0.3, -0.25) is 9.69 Å². The summed E-state index contributed by atoms with van der Waals surface area (Å²) in [6, 6.07) is 15.8. The first-order valence-electron chi connectivity index (χ1n) is 10.7. The molecule has 0 aliphatic carbocycles. The fourth-order valence-corrected chi connectivity index (χ4v) is 4.10. The van der Waals surface area contributed by atoms with Gasteiger partial charge in [0.25, 0.3) is 5.91 Å². The molecule has 0 saturated carbocycles. The highest BCUT2D eigenvalue weighted by molar-refractivity contribution is 6.07. The minimum atomic E-state index is -0.967.